The van der Waals surface area contributed by atoms with E-state index >= 15 is 0 Å². The van der Waals surface area contributed by atoms with Crippen LogP contribution in [0.2, 0.25) is 0 Å². The van der Waals surface area contributed by atoms with Gasteiger partial charge < -0.3 is 25.6 Å². The molecule has 0 saturated carbocycles. The number of hydrogen-bond donors (Lipinski definition) is 3. The molecule has 2 amide bonds. The average Bonchev–Trinajstić information content (AvgIpc) is 2.84. The summed E-state index contributed by atoms with van der Waals surface area (Å²) in [6.07, 6.45) is 3.10. The van der Waals surface area contributed by atoms with E-state index in [0.717, 1.165) is 54.3 Å². The number of aromatic nitrogens is 2. The van der Waals surface area contributed by atoms with Gasteiger partial charge in [0.15, 0.2) is 0 Å². The van der Waals surface area contributed by atoms with Crippen molar-refractivity contribution in [2.45, 2.75) is 52.2 Å². The highest BCUT2D eigenvalue weighted by Gasteiger charge is 2.23. The summed E-state index contributed by atoms with van der Waals surface area (Å²) < 4.78 is 5.37. The molecule has 9 heteroatoms. The van der Waals surface area contributed by atoms with Crippen LogP contribution in [0.1, 0.15) is 40.5 Å². The monoisotopic (exact) mass is 502 g/mol. The fraction of sp³-hybridized carbons (Fsp3) is 0.357. The summed E-state index contributed by atoms with van der Waals surface area (Å²) >= 11 is 0. The molecule has 4 rings (SSSR count). The van der Waals surface area contributed by atoms with Gasteiger partial charge in [0.1, 0.15) is 5.60 Å². The highest BCUT2D eigenvalue weighted by atomic mass is 16.6. The quantitative estimate of drug-likeness (QED) is 0.418. The topological polar surface area (TPSA) is 108 Å². The first-order valence-electron chi connectivity index (χ1n) is 12.5. The molecule has 1 aliphatic heterocycles. The molecule has 0 bridgehead atoms. The zero-order valence-electron chi connectivity index (χ0n) is 21.7. The molecular formula is C28H34N6O3. The number of nitrogens with zero attached hydrogens (tertiary/aromatic N) is 3. The van der Waals surface area contributed by atoms with Crippen LogP contribution in [-0.2, 0) is 9.53 Å². The Labute approximate surface area is 217 Å². The van der Waals surface area contributed by atoms with Crippen LogP contribution in [0, 0.1) is 0 Å². The second kappa shape index (κ2) is 11.3. The van der Waals surface area contributed by atoms with Gasteiger partial charge in [-0.2, -0.15) is 0 Å². The maximum atomic E-state index is 12.0. The summed E-state index contributed by atoms with van der Waals surface area (Å²) in [5.41, 5.74) is 3.99. The molecule has 0 unspecified atom stereocenters. The standard InChI is InChI=1S/C28H34N6O3/c1-19(35)30-21-7-5-20(6-8-21)25-13-16-29-26(33-25)31-22-9-11-24(12-10-22)34-17-14-23(15-18-34)32-27(36)37-28(2,3)4/h5-13,16,23H,14-15,17-18H2,1-4H3,(H,30,35)(H,32,36)(H,29,31,33). The van der Waals surface area contributed by atoms with Crippen LogP contribution in [0.3, 0.4) is 0 Å². The number of rotatable bonds is 6. The Balaban J connectivity index is 1.31. The third-order valence-corrected chi connectivity index (χ3v) is 5.86. The molecule has 1 aliphatic rings. The summed E-state index contributed by atoms with van der Waals surface area (Å²) in [6, 6.07) is 17.7. The predicted octanol–water partition coefficient (Wildman–Crippen LogP) is 5.34. The van der Waals surface area contributed by atoms with Gasteiger partial charge in [-0.05, 0) is 76.1 Å². The number of ether oxygens (including phenoxy) is 1. The minimum atomic E-state index is -0.493. The minimum Gasteiger partial charge on any atom is -0.444 e. The average molecular weight is 503 g/mol. The number of anilines is 4. The normalized spacial score (nSPS) is 14.1. The predicted molar refractivity (Wildman–Crippen MR) is 146 cm³/mol. The van der Waals surface area contributed by atoms with Crippen LogP contribution in [0.5, 0.6) is 0 Å². The molecule has 37 heavy (non-hydrogen) atoms. The molecule has 1 saturated heterocycles. The zero-order valence-corrected chi connectivity index (χ0v) is 21.7. The van der Waals surface area contributed by atoms with E-state index in [1.165, 1.54) is 6.92 Å². The molecular weight excluding hydrogens is 468 g/mol. The second-order valence-electron chi connectivity index (χ2n) is 10.1. The van der Waals surface area contributed by atoms with Crippen LogP contribution in [0.4, 0.5) is 27.8 Å². The number of hydrogen-bond acceptors (Lipinski definition) is 7. The van der Waals surface area contributed by atoms with E-state index in [9.17, 15) is 9.59 Å². The number of benzene rings is 2. The van der Waals surface area contributed by atoms with E-state index in [1.807, 2.05) is 63.2 Å². The highest BCUT2D eigenvalue weighted by Crippen LogP contribution is 2.25. The number of amides is 2. The number of carbonyl (C=O) groups is 2. The molecule has 0 spiro atoms. The lowest BCUT2D eigenvalue weighted by molar-refractivity contribution is -0.114. The van der Waals surface area contributed by atoms with Crippen molar-refractivity contribution < 1.29 is 14.3 Å². The molecule has 3 N–H and O–H groups in total. The van der Waals surface area contributed by atoms with Crippen LogP contribution in [-0.4, -0.2) is 46.7 Å². The lowest BCUT2D eigenvalue weighted by atomic mass is 10.0. The van der Waals surface area contributed by atoms with E-state index in [2.05, 4.69) is 43.0 Å². The summed E-state index contributed by atoms with van der Waals surface area (Å²) in [5, 5.41) is 9.01. The fourth-order valence-corrected chi connectivity index (χ4v) is 4.15. The van der Waals surface area contributed by atoms with Crippen LogP contribution in [0.15, 0.2) is 60.8 Å². The first kappa shape index (κ1) is 25.9. The smallest absolute Gasteiger partial charge is 0.407 e. The number of carbonyl (C=O) groups excluding carboxylic acids is 2. The largest absolute Gasteiger partial charge is 0.444 e. The van der Waals surface area contributed by atoms with E-state index in [-0.39, 0.29) is 18.0 Å². The molecule has 2 heterocycles. The third kappa shape index (κ3) is 7.67. The van der Waals surface area contributed by atoms with Gasteiger partial charge in [-0.25, -0.2) is 14.8 Å². The van der Waals surface area contributed by atoms with Gasteiger partial charge in [-0.15, -0.1) is 0 Å². The first-order valence-corrected chi connectivity index (χ1v) is 12.5. The van der Waals surface area contributed by atoms with Gasteiger partial charge in [-0.1, -0.05) is 12.1 Å². The summed E-state index contributed by atoms with van der Waals surface area (Å²) in [5.74, 6) is 0.400. The molecule has 3 aromatic rings. The fourth-order valence-electron chi connectivity index (χ4n) is 4.15. The van der Waals surface area contributed by atoms with E-state index < -0.39 is 5.60 Å². The van der Waals surface area contributed by atoms with Crippen LogP contribution >= 0.6 is 0 Å². The lowest BCUT2D eigenvalue weighted by Crippen LogP contribution is -2.46. The van der Waals surface area contributed by atoms with Crippen LogP contribution < -0.4 is 20.9 Å². The summed E-state index contributed by atoms with van der Waals surface area (Å²) in [7, 11) is 0. The Bertz CT molecular complexity index is 1210. The summed E-state index contributed by atoms with van der Waals surface area (Å²) in [6.45, 7) is 8.80. The van der Waals surface area contributed by atoms with Crippen LogP contribution in [0.25, 0.3) is 11.3 Å². The van der Waals surface area contributed by atoms with Gasteiger partial charge in [0.05, 0.1) is 5.69 Å². The number of alkyl carbamates (subject to hydrolysis) is 1. The summed E-state index contributed by atoms with van der Waals surface area (Å²) in [4.78, 5) is 34.6. The van der Waals surface area contributed by atoms with E-state index in [1.54, 1.807) is 6.20 Å². The van der Waals surface area contributed by atoms with Crippen molar-refractivity contribution in [3.05, 3.63) is 60.8 Å². The van der Waals surface area contributed by atoms with E-state index in [4.69, 9.17) is 4.74 Å². The maximum Gasteiger partial charge on any atom is 0.407 e. The molecule has 194 valence electrons. The van der Waals surface area contributed by atoms with Gasteiger partial charge in [0.25, 0.3) is 0 Å². The Morgan fingerprint density at radius 3 is 2.22 bits per heavy atom. The molecule has 0 aliphatic carbocycles. The van der Waals surface area contributed by atoms with Crippen molar-refractivity contribution in [2.75, 3.05) is 28.6 Å². The first-order chi connectivity index (χ1) is 17.6. The molecule has 2 aromatic carbocycles. The van der Waals surface area contributed by atoms with Crippen molar-refractivity contribution in [1.82, 2.24) is 15.3 Å². The number of piperidine rings is 1. The van der Waals surface area contributed by atoms with Gasteiger partial charge in [0, 0.05) is 54.9 Å². The Hall–Kier alpha value is -4.14. The number of nitrogens with one attached hydrogen (secondary N) is 3. The molecule has 0 radical (unpaired) electrons. The molecule has 9 nitrogen and oxygen atoms in total. The van der Waals surface area contributed by atoms with Crippen molar-refractivity contribution in [1.29, 1.82) is 0 Å². The van der Waals surface area contributed by atoms with Crippen molar-refractivity contribution >= 4 is 35.0 Å². The minimum absolute atomic E-state index is 0.105. The van der Waals surface area contributed by atoms with Gasteiger partial charge in [-0.3, -0.25) is 4.79 Å². The van der Waals surface area contributed by atoms with Gasteiger partial charge in [0.2, 0.25) is 11.9 Å². The molecule has 1 aromatic heterocycles. The van der Waals surface area contributed by atoms with Crippen molar-refractivity contribution in [3.63, 3.8) is 0 Å². The Morgan fingerprint density at radius 2 is 1.59 bits per heavy atom. The zero-order chi connectivity index (χ0) is 26.4. The third-order valence-electron chi connectivity index (χ3n) is 5.86. The van der Waals surface area contributed by atoms with Gasteiger partial charge >= 0.3 is 6.09 Å². The second-order valence-corrected chi connectivity index (χ2v) is 10.1. The Kier molecular flexibility index (Phi) is 7.91. The van der Waals surface area contributed by atoms with Crippen molar-refractivity contribution in [3.8, 4) is 11.3 Å². The SMILES string of the molecule is CC(=O)Nc1ccc(-c2ccnc(Nc3ccc(N4CCC(NC(=O)OC(C)(C)C)CC4)cc3)n2)cc1. The Morgan fingerprint density at radius 1 is 0.946 bits per heavy atom. The molecule has 0 atom stereocenters. The highest BCUT2D eigenvalue weighted by molar-refractivity contribution is 5.88. The maximum absolute atomic E-state index is 12.0. The van der Waals surface area contributed by atoms with Crippen molar-refractivity contribution in [2.24, 2.45) is 0 Å². The molecule has 1 fully saturated rings. The van der Waals surface area contributed by atoms with E-state index in [0.29, 0.717) is 5.95 Å². The lowest BCUT2D eigenvalue weighted by Gasteiger charge is -2.34.